The third-order valence-corrected chi connectivity index (χ3v) is 11.5. The van der Waals surface area contributed by atoms with Gasteiger partial charge in [-0.05, 0) is 55.0 Å². The highest BCUT2D eigenvalue weighted by atomic mass is 35.5. The molecule has 3 N–H and O–H groups in total. The lowest BCUT2D eigenvalue weighted by Gasteiger charge is -2.50. The molecule has 6 unspecified atom stereocenters. The van der Waals surface area contributed by atoms with Gasteiger partial charge in [-0.1, -0.05) is 53.1 Å². The standard InChI is InChI=1S/C37H31Cl2F3N4O8/c1-54-20-8-9-22(27(47)14-20)30-21-10-11-23-29(34(52)45(32(23)50)12-2-3-28(48)49)24(21)15-25-33(51)46(35(53)36(25,30)17-4-6-19(38)7-5-17)44-31-26(39)13-18(16-43-31)37(40,41)42/h4-10,13-14,16,23-25,29-30,47H,2-3,11-12,15H2,1H3,(H,43,44)(H,48,49). The summed E-state index contributed by atoms with van der Waals surface area (Å²) < 4.78 is 45.6. The maximum Gasteiger partial charge on any atom is 0.417 e. The number of halogens is 5. The van der Waals surface area contributed by atoms with Crippen molar-refractivity contribution < 1.29 is 52.1 Å². The summed E-state index contributed by atoms with van der Waals surface area (Å²) in [6, 6.07) is 11.3. The van der Waals surface area contributed by atoms with E-state index < -0.39 is 87.2 Å². The SMILES string of the molecule is COc1ccc(C2C3=CCC4C(=O)N(CCCC(=O)O)C(=O)C4C3CC3C(=O)N(Nc4ncc(C(F)(F)F)cc4Cl)C(=O)C32c2ccc(Cl)cc2)c(O)c1. The number of aromatic nitrogens is 1. The molecule has 2 aliphatic heterocycles. The van der Waals surface area contributed by atoms with Crippen molar-refractivity contribution in [3.63, 3.8) is 0 Å². The number of hydrogen-bond donors (Lipinski definition) is 3. The van der Waals surface area contributed by atoms with Gasteiger partial charge in [0.05, 0.1) is 40.9 Å². The molecule has 2 aromatic carbocycles. The number of carbonyl (C=O) groups is 5. The smallest absolute Gasteiger partial charge is 0.417 e. The van der Waals surface area contributed by atoms with Gasteiger partial charge in [0.1, 0.15) is 11.5 Å². The Hall–Kier alpha value is -5.15. The van der Waals surface area contributed by atoms with Crippen LogP contribution in [0.4, 0.5) is 19.0 Å². The van der Waals surface area contributed by atoms with E-state index in [1.54, 1.807) is 30.3 Å². The topological polar surface area (TPSA) is 166 Å². The minimum atomic E-state index is -4.78. The van der Waals surface area contributed by atoms with E-state index in [2.05, 4.69) is 10.4 Å². The molecule has 2 aliphatic carbocycles. The zero-order valence-electron chi connectivity index (χ0n) is 28.3. The number of carboxylic acids is 1. The first-order valence-corrected chi connectivity index (χ1v) is 17.6. The van der Waals surface area contributed by atoms with Crippen molar-refractivity contribution in [2.45, 2.75) is 43.2 Å². The van der Waals surface area contributed by atoms with Gasteiger partial charge in [0.25, 0.3) is 11.8 Å². The van der Waals surface area contributed by atoms with Gasteiger partial charge in [0.2, 0.25) is 11.8 Å². The van der Waals surface area contributed by atoms with Crippen LogP contribution in [0.25, 0.3) is 0 Å². The molecule has 0 spiro atoms. The van der Waals surface area contributed by atoms with Crippen LogP contribution in [-0.2, 0) is 35.6 Å². The normalized spacial score (nSPS) is 26.3. The van der Waals surface area contributed by atoms with Gasteiger partial charge in [-0.2, -0.15) is 18.2 Å². The maximum absolute atomic E-state index is 15.2. The summed E-state index contributed by atoms with van der Waals surface area (Å²) in [6.45, 7) is -0.115. The van der Waals surface area contributed by atoms with Crippen LogP contribution in [0.3, 0.4) is 0 Å². The quantitative estimate of drug-likeness (QED) is 0.174. The fraction of sp³-hybridized carbons (Fsp3) is 0.351. The fourth-order valence-corrected chi connectivity index (χ4v) is 9.03. The minimum absolute atomic E-state index is 0.0377. The molecule has 6 atom stereocenters. The van der Waals surface area contributed by atoms with Crippen LogP contribution >= 0.6 is 23.2 Å². The van der Waals surface area contributed by atoms with E-state index in [1.165, 1.54) is 25.3 Å². The first kappa shape index (κ1) is 37.2. The lowest BCUT2D eigenvalue weighted by atomic mass is 9.49. The summed E-state index contributed by atoms with van der Waals surface area (Å²) >= 11 is 12.5. The molecule has 282 valence electrons. The molecule has 54 heavy (non-hydrogen) atoms. The second-order valence-corrected chi connectivity index (χ2v) is 14.5. The van der Waals surface area contributed by atoms with Crippen molar-refractivity contribution in [1.29, 1.82) is 0 Å². The Kier molecular flexibility index (Phi) is 9.37. The molecule has 1 aromatic heterocycles. The van der Waals surface area contributed by atoms with Gasteiger partial charge in [0, 0.05) is 41.7 Å². The number of alkyl halides is 3. The Morgan fingerprint density at radius 3 is 2.39 bits per heavy atom. The van der Waals surface area contributed by atoms with Crippen LogP contribution < -0.4 is 10.2 Å². The predicted molar refractivity (Wildman–Crippen MR) is 185 cm³/mol. The van der Waals surface area contributed by atoms with E-state index in [1.807, 2.05) is 0 Å². The van der Waals surface area contributed by atoms with Gasteiger partial charge in [0.15, 0.2) is 5.82 Å². The molecule has 4 amide bonds. The number of anilines is 1. The Morgan fingerprint density at radius 2 is 1.76 bits per heavy atom. The molecule has 4 aliphatic rings. The number of methoxy groups -OCH3 is 1. The number of fused-ring (bicyclic) bond motifs is 4. The van der Waals surface area contributed by atoms with E-state index in [0.29, 0.717) is 33.4 Å². The summed E-state index contributed by atoms with van der Waals surface area (Å²) in [6.07, 6.45) is -2.77. The van der Waals surface area contributed by atoms with Crippen LogP contribution in [0.15, 0.2) is 66.4 Å². The molecule has 3 heterocycles. The maximum atomic E-state index is 15.2. The number of phenolic OH excluding ortho intramolecular Hbond substituents is 1. The van der Waals surface area contributed by atoms with E-state index >= 15 is 4.79 Å². The van der Waals surface area contributed by atoms with Crippen LogP contribution in [-0.4, -0.2) is 68.4 Å². The molecule has 3 fully saturated rings. The second-order valence-electron chi connectivity index (χ2n) is 13.7. The van der Waals surface area contributed by atoms with Crippen molar-refractivity contribution in [1.82, 2.24) is 14.9 Å². The van der Waals surface area contributed by atoms with E-state index in [4.69, 9.17) is 33.0 Å². The summed E-state index contributed by atoms with van der Waals surface area (Å²) in [5.41, 5.74) is 0.592. The van der Waals surface area contributed by atoms with Crippen LogP contribution in [0, 0.1) is 23.7 Å². The number of benzene rings is 2. The summed E-state index contributed by atoms with van der Waals surface area (Å²) in [5.74, 6) is -9.17. The van der Waals surface area contributed by atoms with E-state index in [9.17, 15) is 37.5 Å². The number of ether oxygens (including phenoxy) is 1. The lowest BCUT2D eigenvalue weighted by Crippen LogP contribution is -2.53. The molecule has 17 heteroatoms. The monoisotopic (exact) mass is 786 g/mol. The fourth-order valence-electron chi connectivity index (χ4n) is 8.70. The highest BCUT2D eigenvalue weighted by Crippen LogP contribution is 2.65. The van der Waals surface area contributed by atoms with Crippen molar-refractivity contribution in [3.8, 4) is 11.5 Å². The minimum Gasteiger partial charge on any atom is -0.508 e. The molecule has 12 nitrogen and oxygen atoms in total. The van der Waals surface area contributed by atoms with Crippen LogP contribution in [0.1, 0.15) is 48.3 Å². The first-order valence-electron chi connectivity index (χ1n) is 16.9. The van der Waals surface area contributed by atoms with Crippen molar-refractivity contribution in [3.05, 3.63) is 93.1 Å². The molecule has 0 radical (unpaired) electrons. The number of aromatic hydroxyl groups is 1. The van der Waals surface area contributed by atoms with Gasteiger partial charge < -0.3 is 14.9 Å². The third kappa shape index (κ3) is 5.84. The average molecular weight is 788 g/mol. The number of imide groups is 2. The van der Waals surface area contributed by atoms with E-state index in [-0.39, 0.29) is 49.3 Å². The number of phenols is 1. The highest BCUT2D eigenvalue weighted by Gasteiger charge is 2.70. The molecule has 1 saturated carbocycles. The van der Waals surface area contributed by atoms with Crippen molar-refractivity contribution in [2.24, 2.45) is 23.7 Å². The Balaban J connectivity index is 1.40. The Labute approximate surface area is 315 Å². The zero-order chi connectivity index (χ0) is 38.9. The van der Waals surface area contributed by atoms with E-state index in [0.717, 1.165) is 4.90 Å². The number of nitrogens with one attached hydrogen (secondary N) is 1. The average Bonchev–Trinajstić information content (AvgIpc) is 3.49. The molecular formula is C37H31Cl2F3N4O8. The largest absolute Gasteiger partial charge is 0.508 e. The van der Waals surface area contributed by atoms with Gasteiger partial charge in [-0.3, -0.25) is 34.3 Å². The first-order chi connectivity index (χ1) is 25.6. The molecular weight excluding hydrogens is 756 g/mol. The Morgan fingerprint density at radius 1 is 1.04 bits per heavy atom. The Bertz CT molecular complexity index is 2130. The summed E-state index contributed by atoms with van der Waals surface area (Å²) in [5, 5.41) is 21.2. The number of likely N-dealkylation sites (tertiary alicyclic amines) is 1. The van der Waals surface area contributed by atoms with Gasteiger partial charge in [-0.25, -0.2) is 4.98 Å². The number of hydrazine groups is 1. The molecule has 7 rings (SSSR count). The van der Waals surface area contributed by atoms with Gasteiger partial charge >= 0.3 is 12.1 Å². The van der Waals surface area contributed by atoms with Crippen LogP contribution in [0.5, 0.6) is 11.5 Å². The third-order valence-electron chi connectivity index (χ3n) is 11.0. The number of pyridine rings is 1. The predicted octanol–water partition coefficient (Wildman–Crippen LogP) is 5.97. The summed E-state index contributed by atoms with van der Waals surface area (Å²) in [7, 11) is 1.40. The number of amides is 4. The summed E-state index contributed by atoms with van der Waals surface area (Å²) in [4.78, 5) is 73.7. The zero-order valence-corrected chi connectivity index (χ0v) is 29.8. The number of carbonyl (C=O) groups excluding carboxylic acids is 4. The van der Waals surface area contributed by atoms with Crippen molar-refractivity contribution >= 4 is 58.6 Å². The van der Waals surface area contributed by atoms with Gasteiger partial charge in [-0.15, -0.1) is 0 Å². The van der Waals surface area contributed by atoms with Crippen LogP contribution in [0.2, 0.25) is 10.0 Å². The molecule has 2 saturated heterocycles. The molecule has 3 aromatic rings. The molecule has 0 bridgehead atoms. The second kappa shape index (κ2) is 13.6. The number of carboxylic acid groups (broad SMARTS) is 1. The highest BCUT2D eigenvalue weighted by molar-refractivity contribution is 6.33. The van der Waals surface area contributed by atoms with Crippen molar-refractivity contribution in [2.75, 3.05) is 19.1 Å². The number of aliphatic carboxylic acids is 1. The number of nitrogens with zero attached hydrogens (tertiary/aromatic N) is 3. The lowest BCUT2D eigenvalue weighted by molar-refractivity contribution is -0.142. The number of rotatable bonds is 9. The number of hydrogen-bond acceptors (Lipinski definition) is 9. The number of allylic oxidation sites excluding steroid dienone is 2.